The second-order valence-corrected chi connectivity index (χ2v) is 6.82. The van der Waals surface area contributed by atoms with Crippen molar-refractivity contribution in [1.29, 1.82) is 0 Å². The van der Waals surface area contributed by atoms with Crippen LogP contribution in [0.25, 0.3) is 28.3 Å². The fourth-order valence-electron chi connectivity index (χ4n) is 3.17. The van der Waals surface area contributed by atoms with Gasteiger partial charge in [0, 0.05) is 5.56 Å². The van der Waals surface area contributed by atoms with E-state index in [9.17, 15) is 13.2 Å². The molecule has 28 heavy (non-hydrogen) atoms. The molecule has 0 spiro atoms. The number of halogens is 3. The highest BCUT2D eigenvalue weighted by atomic mass is 19.3. The summed E-state index contributed by atoms with van der Waals surface area (Å²) >= 11 is 0. The molecule has 0 saturated heterocycles. The van der Waals surface area contributed by atoms with E-state index >= 15 is 0 Å². The lowest BCUT2D eigenvalue weighted by Gasteiger charge is -2.11. The van der Waals surface area contributed by atoms with E-state index in [0.29, 0.717) is 28.3 Å². The highest BCUT2D eigenvalue weighted by Gasteiger charge is 2.20. The van der Waals surface area contributed by atoms with Crippen molar-refractivity contribution in [3.8, 4) is 22.6 Å². The smallest absolute Gasteiger partial charge is 0.256 e. The average molecular weight is 385 g/mol. The number of imidazole rings is 2. The molecular formula is C20H18F3N5. The Bertz CT molecular complexity index is 1110. The van der Waals surface area contributed by atoms with Crippen LogP contribution in [0.1, 0.15) is 25.5 Å². The second kappa shape index (κ2) is 7.10. The van der Waals surface area contributed by atoms with Crippen LogP contribution in [-0.2, 0) is 6.54 Å². The van der Waals surface area contributed by atoms with Crippen LogP contribution >= 0.6 is 0 Å². The summed E-state index contributed by atoms with van der Waals surface area (Å²) in [4.78, 5) is 8.65. The Hall–Kier alpha value is -3.16. The minimum absolute atomic E-state index is 0.195. The van der Waals surface area contributed by atoms with E-state index in [-0.39, 0.29) is 11.7 Å². The second-order valence-electron chi connectivity index (χ2n) is 6.82. The maximum Gasteiger partial charge on any atom is 0.256 e. The standard InChI is InChI=1S/C20H18F3N5/c1-12(2)16-9-24-18-8-7-15(26-28(16)18)20-19(13-3-5-14(21)6-4-13)25-11-27(20)10-17(22)23/h3-9,11-12,17H,10H2,1-2H3. The van der Waals surface area contributed by atoms with Gasteiger partial charge in [-0.1, -0.05) is 13.8 Å². The van der Waals surface area contributed by atoms with E-state index in [4.69, 9.17) is 0 Å². The first-order valence-electron chi connectivity index (χ1n) is 8.88. The minimum Gasteiger partial charge on any atom is -0.323 e. The van der Waals surface area contributed by atoms with Gasteiger partial charge in [-0.3, -0.25) is 0 Å². The molecule has 0 unspecified atom stereocenters. The van der Waals surface area contributed by atoms with E-state index < -0.39 is 13.0 Å². The topological polar surface area (TPSA) is 48.0 Å². The Morgan fingerprint density at radius 3 is 2.43 bits per heavy atom. The molecule has 0 aliphatic heterocycles. The molecule has 0 atom stereocenters. The Morgan fingerprint density at radius 1 is 1.00 bits per heavy atom. The van der Waals surface area contributed by atoms with Crippen molar-refractivity contribution in [1.82, 2.24) is 24.1 Å². The zero-order valence-corrected chi connectivity index (χ0v) is 15.4. The molecule has 3 aromatic heterocycles. The quantitative estimate of drug-likeness (QED) is 0.496. The predicted molar refractivity (Wildman–Crippen MR) is 99.7 cm³/mol. The van der Waals surface area contributed by atoms with E-state index in [0.717, 1.165) is 5.69 Å². The highest BCUT2D eigenvalue weighted by molar-refractivity contribution is 5.77. The van der Waals surface area contributed by atoms with Gasteiger partial charge in [-0.15, -0.1) is 0 Å². The summed E-state index contributed by atoms with van der Waals surface area (Å²) in [7, 11) is 0. The molecule has 0 aliphatic rings. The summed E-state index contributed by atoms with van der Waals surface area (Å²) in [6.45, 7) is 3.55. The summed E-state index contributed by atoms with van der Waals surface area (Å²) in [5, 5.41) is 4.64. The lowest BCUT2D eigenvalue weighted by atomic mass is 10.1. The third kappa shape index (κ3) is 3.26. The largest absolute Gasteiger partial charge is 0.323 e. The van der Waals surface area contributed by atoms with E-state index in [1.54, 1.807) is 35.0 Å². The molecule has 3 heterocycles. The van der Waals surface area contributed by atoms with Gasteiger partial charge in [0.05, 0.1) is 36.2 Å². The Labute approximate surface area is 159 Å². The molecule has 4 rings (SSSR count). The molecule has 0 saturated carbocycles. The molecule has 0 fully saturated rings. The van der Waals surface area contributed by atoms with Crippen LogP contribution in [0.15, 0.2) is 48.9 Å². The van der Waals surface area contributed by atoms with Crippen LogP contribution in [0.4, 0.5) is 13.2 Å². The molecule has 8 heteroatoms. The third-order valence-corrected chi connectivity index (χ3v) is 4.51. The maximum atomic E-state index is 13.3. The Balaban J connectivity index is 1.92. The zero-order valence-electron chi connectivity index (χ0n) is 15.4. The number of nitrogens with zero attached hydrogens (tertiary/aromatic N) is 5. The molecule has 1 aromatic carbocycles. The molecular weight excluding hydrogens is 367 g/mol. The molecule has 0 radical (unpaired) electrons. The predicted octanol–water partition coefficient (Wildman–Crippen LogP) is 4.79. The number of aromatic nitrogens is 5. The van der Waals surface area contributed by atoms with Gasteiger partial charge in [0.1, 0.15) is 11.5 Å². The monoisotopic (exact) mass is 385 g/mol. The van der Waals surface area contributed by atoms with Gasteiger partial charge in [-0.05, 0) is 42.3 Å². The molecule has 0 N–H and O–H groups in total. The average Bonchev–Trinajstić information content (AvgIpc) is 3.25. The number of hydrogen-bond donors (Lipinski definition) is 0. The zero-order chi connectivity index (χ0) is 19.8. The number of rotatable bonds is 5. The van der Waals surface area contributed by atoms with Crippen molar-refractivity contribution in [2.75, 3.05) is 0 Å². The maximum absolute atomic E-state index is 13.3. The molecule has 0 aliphatic carbocycles. The van der Waals surface area contributed by atoms with Crippen molar-refractivity contribution < 1.29 is 13.2 Å². The van der Waals surface area contributed by atoms with Gasteiger partial charge in [0.15, 0.2) is 5.65 Å². The molecule has 4 aromatic rings. The van der Waals surface area contributed by atoms with Crippen molar-refractivity contribution in [3.05, 3.63) is 60.4 Å². The van der Waals surface area contributed by atoms with Crippen LogP contribution in [-0.4, -0.2) is 30.6 Å². The third-order valence-electron chi connectivity index (χ3n) is 4.51. The summed E-state index contributed by atoms with van der Waals surface area (Å²) in [5.41, 5.74) is 3.64. The van der Waals surface area contributed by atoms with Crippen molar-refractivity contribution >= 4 is 5.65 Å². The van der Waals surface area contributed by atoms with Gasteiger partial charge >= 0.3 is 0 Å². The van der Waals surface area contributed by atoms with Crippen LogP contribution in [0.2, 0.25) is 0 Å². The van der Waals surface area contributed by atoms with Crippen LogP contribution < -0.4 is 0 Å². The Morgan fingerprint density at radius 2 is 1.75 bits per heavy atom. The van der Waals surface area contributed by atoms with Crippen LogP contribution in [0, 0.1) is 5.82 Å². The van der Waals surface area contributed by atoms with E-state index in [1.165, 1.54) is 23.0 Å². The van der Waals surface area contributed by atoms with Gasteiger partial charge < -0.3 is 4.57 Å². The van der Waals surface area contributed by atoms with Crippen LogP contribution in [0.3, 0.4) is 0 Å². The first-order valence-corrected chi connectivity index (χ1v) is 8.88. The number of alkyl halides is 2. The fourth-order valence-corrected chi connectivity index (χ4v) is 3.17. The lowest BCUT2D eigenvalue weighted by Crippen LogP contribution is -2.09. The summed E-state index contributed by atoms with van der Waals surface area (Å²) in [6.07, 6.45) is 0.578. The molecule has 0 amide bonds. The molecule has 144 valence electrons. The minimum atomic E-state index is -2.54. The SMILES string of the molecule is CC(C)c1cnc2ccc(-c3c(-c4ccc(F)cc4)ncn3CC(F)F)nn12. The number of fused-ring (bicyclic) bond motifs is 1. The van der Waals surface area contributed by atoms with Crippen molar-refractivity contribution in [2.45, 2.75) is 32.7 Å². The van der Waals surface area contributed by atoms with Crippen molar-refractivity contribution in [2.24, 2.45) is 0 Å². The van der Waals surface area contributed by atoms with Crippen molar-refractivity contribution in [3.63, 3.8) is 0 Å². The van der Waals surface area contributed by atoms with Gasteiger partial charge in [-0.2, -0.15) is 5.10 Å². The normalized spacial score (nSPS) is 11.8. The number of benzene rings is 1. The number of hydrogen-bond acceptors (Lipinski definition) is 3. The van der Waals surface area contributed by atoms with Gasteiger partial charge in [0.2, 0.25) is 0 Å². The Kier molecular flexibility index (Phi) is 4.62. The fraction of sp³-hybridized carbons (Fsp3) is 0.250. The highest BCUT2D eigenvalue weighted by Crippen LogP contribution is 2.31. The van der Waals surface area contributed by atoms with Gasteiger partial charge in [-0.25, -0.2) is 27.7 Å². The lowest BCUT2D eigenvalue weighted by molar-refractivity contribution is 0.127. The van der Waals surface area contributed by atoms with Gasteiger partial charge in [0.25, 0.3) is 6.43 Å². The molecule has 5 nitrogen and oxygen atoms in total. The first kappa shape index (κ1) is 18.2. The van der Waals surface area contributed by atoms with E-state index in [2.05, 4.69) is 15.1 Å². The first-order chi connectivity index (χ1) is 13.4. The summed E-state index contributed by atoms with van der Waals surface area (Å²) in [6, 6.07) is 9.30. The van der Waals surface area contributed by atoms with Crippen LogP contribution in [0.5, 0.6) is 0 Å². The molecule has 0 bridgehead atoms. The summed E-state index contributed by atoms with van der Waals surface area (Å²) in [5.74, 6) is -0.183. The summed E-state index contributed by atoms with van der Waals surface area (Å²) < 4.78 is 42.7. The van der Waals surface area contributed by atoms with E-state index in [1.807, 2.05) is 13.8 Å².